The van der Waals surface area contributed by atoms with Crippen molar-refractivity contribution in [3.05, 3.63) is 39.2 Å². The van der Waals surface area contributed by atoms with E-state index in [0.717, 1.165) is 0 Å². The molecule has 0 amide bonds. The van der Waals surface area contributed by atoms with E-state index in [4.69, 9.17) is 17.3 Å². The van der Waals surface area contributed by atoms with Crippen LogP contribution in [0.15, 0.2) is 24.3 Å². The lowest BCUT2D eigenvalue weighted by Crippen LogP contribution is -2.06. The molecule has 3 N–H and O–H groups in total. The monoisotopic (exact) mass is 267 g/mol. The zero-order valence-corrected chi connectivity index (χ0v) is 11.3. The van der Waals surface area contributed by atoms with E-state index < -0.39 is 0 Å². The van der Waals surface area contributed by atoms with Crippen molar-refractivity contribution in [2.75, 3.05) is 11.1 Å². The van der Waals surface area contributed by atoms with E-state index in [9.17, 15) is 0 Å². The summed E-state index contributed by atoms with van der Waals surface area (Å²) in [5.41, 5.74) is 6.33. The van der Waals surface area contributed by atoms with Gasteiger partial charge < -0.3 is 11.1 Å². The van der Waals surface area contributed by atoms with E-state index in [1.807, 2.05) is 0 Å². The van der Waals surface area contributed by atoms with Crippen LogP contribution >= 0.6 is 22.9 Å². The molecule has 17 heavy (non-hydrogen) atoms. The fourth-order valence-electron chi connectivity index (χ4n) is 1.57. The molecule has 0 aromatic carbocycles. The average Bonchev–Trinajstić information content (AvgIpc) is 2.63. The second kappa shape index (κ2) is 4.94. The van der Waals surface area contributed by atoms with Gasteiger partial charge in [0, 0.05) is 21.5 Å². The minimum atomic E-state index is 0.194. The molecule has 3 nitrogen and oxygen atoms in total. The number of aromatic nitrogens is 1. The number of anilines is 2. The van der Waals surface area contributed by atoms with Gasteiger partial charge in [0.1, 0.15) is 11.0 Å². The van der Waals surface area contributed by atoms with Gasteiger partial charge in [-0.3, -0.25) is 0 Å². The van der Waals surface area contributed by atoms with Crippen molar-refractivity contribution >= 4 is 34.4 Å². The Kier molecular flexibility index (Phi) is 3.54. The van der Waals surface area contributed by atoms with Crippen molar-refractivity contribution in [2.45, 2.75) is 19.9 Å². The number of pyridine rings is 1. The van der Waals surface area contributed by atoms with Crippen LogP contribution < -0.4 is 11.1 Å². The second-order valence-corrected chi connectivity index (χ2v) is 5.63. The molecule has 0 aliphatic rings. The van der Waals surface area contributed by atoms with Crippen LogP contribution in [0.2, 0.25) is 5.15 Å². The van der Waals surface area contributed by atoms with Crippen LogP contribution in [-0.2, 0) is 0 Å². The van der Waals surface area contributed by atoms with E-state index in [1.165, 1.54) is 9.75 Å². The predicted octanol–water partition coefficient (Wildman–Crippen LogP) is 3.86. The largest absolute Gasteiger partial charge is 0.399 e. The van der Waals surface area contributed by atoms with Crippen molar-refractivity contribution < 1.29 is 0 Å². The Labute approximate surface area is 110 Å². The number of hydrogen-bond donors (Lipinski definition) is 2. The van der Waals surface area contributed by atoms with Gasteiger partial charge in [-0.25, -0.2) is 4.98 Å². The lowest BCUT2D eigenvalue weighted by atomic mass is 10.2. The smallest absolute Gasteiger partial charge is 0.133 e. The van der Waals surface area contributed by atoms with Crippen molar-refractivity contribution in [2.24, 2.45) is 0 Å². The summed E-state index contributed by atoms with van der Waals surface area (Å²) in [5.74, 6) is 0.702. The minimum absolute atomic E-state index is 0.194. The van der Waals surface area contributed by atoms with Gasteiger partial charge in [0.05, 0.1) is 6.04 Å². The summed E-state index contributed by atoms with van der Waals surface area (Å²) in [7, 11) is 0. The van der Waals surface area contributed by atoms with E-state index in [0.29, 0.717) is 16.7 Å². The molecule has 0 fully saturated rings. The first-order chi connectivity index (χ1) is 8.04. The molecule has 0 saturated carbocycles. The van der Waals surface area contributed by atoms with Crippen LogP contribution in [0.5, 0.6) is 0 Å². The first kappa shape index (κ1) is 12.2. The Bertz CT molecular complexity index is 504. The van der Waals surface area contributed by atoms with Crippen LogP contribution in [0.3, 0.4) is 0 Å². The van der Waals surface area contributed by atoms with Gasteiger partial charge in [0.25, 0.3) is 0 Å². The summed E-state index contributed by atoms with van der Waals surface area (Å²) in [4.78, 5) is 6.75. The van der Waals surface area contributed by atoms with Crippen LogP contribution in [-0.4, -0.2) is 4.98 Å². The number of nitrogens with two attached hydrogens (primary N) is 1. The molecule has 1 atom stereocenters. The average molecular weight is 268 g/mol. The molecule has 5 heteroatoms. The molecular weight excluding hydrogens is 254 g/mol. The van der Waals surface area contributed by atoms with E-state index >= 15 is 0 Å². The summed E-state index contributed by atoms with van der Waals surface area (Å²) in [5, 5.41) is 3.69. The molecule has 0 saturated heterocycles. The highest BCUT2D eigenvalue weighted by Crippen LogP contribution is 2.26. The number of nitrogen functional groups attached to an aromatic ring is 1. The highest BCUT2D eigenvalue weighted by Gasteiger charge is 2.08. The molecule has 0 radical (unpaired) electrons. The van der Waals surface area contributed by atoms with Gasteiger partial charge in [-0.2, -0.15) is 0 Å². The summed E-state index contributed by atoms with van der Waals surface area (Å²) in [6.45, 7) is 4.18. The van der Waals surface area contributed by atoms with Gasteiger partial charge in [-0.1, -0.05) is 11.6 Å². The maximum Gasteiger partial charge on any atom is 0.133 e. The fraction of sp³-hybridized carbons (Fsp3) is 0.250. The van der Waals surface area contributed by atoms with E-state index in [2.05, 4.69) is 36.3 Å². The first-order valence-electron chi connectivity index (χ1n) is 5.30. The molecule has 2 rings (SSSR count). The minimum Gasteiger partial charge on any atom is -0.399 e. The molecular formula is C12H14ClN3S. The van der Waals surface area contributed by atoms with E-state index in [1.54, 1.807) is 23.5 Å². The number of aryl methyl sites for hydroxylation is 1. The molecule has 2 aromatic rings. The lowest BCUT2D eigenvalue weighted by molar-refractivity contribution is 0.897. The van der Waals surface area contributed by atoms with Gasteiger partial charge in [-0.05, 0) is 32.0 Å². The maximum absolute atomic E-state index is 5.86. The van der Waals surface area contributed by atoms with Gasteiger partial charge in [0.2, 0.25) is 0 Å². The summed E-state index contributed by atoms with van der Waals surface area (Å²) >= 11 is 7.62. The third kappa shape index (κ3) is 3.11. The SMILES string of the molecule is Cc1ccc(C(C)Nc2cc(N)cc(Cl)n2)s1. The lowest BCUT2D eigenvalue weighted by Gasteiger charge is -2.13. The van der Waals surface area contributed by atoms with Gasteiger partial charge in [0.15, 0.2) is 0 Å². The van der Waals surface area contributed by atoms with Crippen molar-refractivity contribution in [3.63, 3.8) is 0 Å². The number of nitrogens with one attached hydrogen (secondary N) is 1. The molecule has 2 heterocycles. The molecule has 1 unspecified atom stereocenters. The van der Waals surface area contributed by atoms with Crippen molar-refractivity contribution in [3.8, 4) is 0 Å². The summed E-state index contributed by atoms with van der Waals surface area (Å²) < 4.78 is 0. The summed E-state index contributed by atoms with van der Waals surface area (Å²) in [6.07, 6.45) is 0. The molecule has 0 aliphatic heterocycles. The van der Waals surface area contributed by atoms with Crippen LogP contribution in [0.25, 0.3) is 0 Å². The Morgan fingerprint density at radius 2 is 2.18 bits per heavy atom. The maximum atomic E-state index is 5.86. The van der Waals surface area contributed by atoms with Crippen molar-refractivity contribution in [1.82, 2.24) is 4.98 Å². The Hall–Kier alpha value is -1.26. The van der Waals surface area contributed by atoms with Crippen LogP contribution in [0, 0.1) is 6.92 Å². The highest BCUT2D eigenvalue weighted by molar-refractivity contribution is 7.12. The zero-order valence-electron chi connectivity index (χ0n) is 9.70. The van der Waals surface area contributed by atoms with Crippen molar-refractivity contribution in [1.29, 1.82) is 0 Å². The predicted molar refractivity (Wildman–Crippen MR) is 74.8 cm³/mol. The van der Waals surface area contributed by atoms with Gasteiger partial charge in [-0.15, -0.1) is 11.3 Å². The quantitative estimate of drug-likeness (QED) is 0.831. The first-order valence-corrected chi connectivity index (χ1v) is 6.50. The van der Waals surface area contributed by atoms with Crippen LogP contribution in [0.1, 0.15) is 22.7 Å². The highest BCUT2D eigenvalue weighted by atomic mass is 35.5. The molecule has 0 bridgehead atoms. The second-order valence-electron chi connectivity index (χ2n) is 3.92. The normalized spacial score (nSPS) is 12.4. The molecule has 0 spiro atoms. The third-order valence-electron chi connectivity index (χ3n) is 2.37. The topological polar surface area (TPSA) is 50.9 Å². The van der Waals surface area contributed by atoms with E-state index in [-0.39, 0.29) is 6.04 Å². The Morgan fingerprint density at radius 1 is 1.41 bits per heavy atom. The molecule has 0 aliphatic carbocycles. The molecule has 90 valence electrons. The van der Waals surface area contributed by atoms with Crippen LogP contribution in [0.4, 0.5) is 11.5 Å². The number of rotatable bonds is 3. The number of halogens is 1. The fourth-order valence-corrected chi connectivity index (χ4v) is 2.67. The standard InChI is InChI=1S/C12H14ClN3S/c1-7-3-4-10(17-7)8(2)15-12-6-9(14)5-11(13)16-12/h3-6,8H,1-2H3,(H3,14,15,16). The molecule has 2 aromatic heterocycles. The zero-order chi connectivity index (χ0) is 12.4. The Balaban J connectivity index is 2.15. The number of nitrogens with zero attached hydrogens (tertiary/aromatic N) is 1. The third-order valence-corrected chi connectivity index (χ3v) is 3.75. The summed E-state index contributed by atoms with van der Waals surface area (Å²) in [6, 6.07) is 7.83. The number of thiophene rings is 1. The Morgan fingerprint density at radius 3 is 2.76 bits per heavy atom. The number of hydrogen-bond acceptors (Lipinski definition) is 4. The van der Waals surface area contributed by atoms with Gasteiger partial charge >= 0.3 is 0 Å².